The topological polar surface area (TPSA) is 37.4 Å². The van der Waals surface area contributed by atoms with Crippen LogP contribution < -0.4 is 4.90 Å². The lowest BCUT2D eigenvalue weighted by atomic mass is 9.81. The van der Waals surface area contributed by atoms with Gasteiger partial charge in [-0.15, -0.1) is 0 Å². The van der Waals surface area contributed by atoms with Gasteiger partial charge in [-0.3, -0.25) is 14.5 Å². The van der Waals surface area contributed by atoms with Crippen molar-refractivity contribution in [1.29, 1.82) is 0 Å². The van der Waals surface area contributed by atoms with E-state index in [4.69, 9.17) is 0 Å². The van der Waals surface area contributed by atoms with Crippen LogP contribution in [0.15, 0.2) is 29.3 Å². The Bertz CT molecular complexity index is 725. The summed E-state index contributed by atoms with van der Waals surface area (Å²) in [5.74, 6) is 0.398. The highest BCUT2D eigenvalue weighted by molar-refractivity contribution is 6.23. The summed E-state index contributed by atoms with van der Waals surface area (Å²) in [5, 5.41) is 0. The molecule has 0 unspecified atom stereocenters. The predicted octanol–water partition coefficient (Wildman–Crippen LogP) is 3.79. The molecule has 0 N–H and O–H groups in total. The fourth-order valence-electron chi connectivity index (χ4n) is 5.11. The van der Waals surface area contributed by atoms with E-state index in [1.807, 2.05) is 32.0 Å². The Morgan fingerprint density at radius 3 is 2.00 bits per heavy atom. The van der Waals surface area contributed by atoms with Crippen molar-refractivity contribution in [3.05, 3.63) is 40.5 Å². The molecule has 3 aliphatic rings. The average molecular weight is 309 g/mol. The summed E-state index contributed by atoms with van der Waals surface area (Å²) in [4.78, 5) is 27.5. The number of hydrogen-bond acceptors (Lipinski definition) is 2. The standard InChI is InChI=1S/C20H23NO2/c1-10(2)16-14-7-8-15(16)18-17(14)19(22)21(20(18)23)13-6-5-11(3)12(4)9-13/h5-6,9,14-15,17-18H,7-8H2,1-4H3/t14-,15-,17-,18+/m1/s1. The minimum absolute atomic E-state index is 0.0224. The Kier molecular flexibility index (Phi) is 3.06. The lowest BCUT2D eigenvalue weighted by Crippen LogP contribution is -2.33. The summed E-state index contributed by atoms with van der Waals surface area (Å²) in [6, 6.07) is 5.87. The van der Waals surface area contributed by atoms with Gasteiger partial charge in [-0.1, -0.05) is 17.2 Å². The fourth-order valence-corrected chi connectivity index (χ4v) is 5.11. The second kappa shape index (κ2) is 4.80. The summed E-state index contributed by atoms with van der Waals surface area (Å²) in [7, 11) is 0. The largest absolute Gasteiger partial charge is 0.274 e. The predicted molar refractivity (Wildman–Crippen MR) is 90.0 cm³/mol. The molecule has 4 rings (SSSR count). The number of hydrogen-bond donors (Lipinski definition) is 0. The van der Waals surface area contributed by atoms with E-state index < -0.39 is 0 Å². The van der Waals surface area contributed by atoms with Crippen molar-refractivity contribution in [2.24, 2.45) is 23.7 Å². The average Bonchev–Trinajstić information content (AvgIpc) is 3.13. The Morgan fingerprint density at radius 2 is 1.52 bits per heavy atom. The molecule has 4 atom stereocenters. The van der Waals surface area contributed by atoms with E-state index in [1.54, 1.807) is 0 Å². The van der Waals surface area contributed by atoms with Crippen LogP contribution in [0.1, 0.15) is 37.8 Å². The molecule has 3 nitrogen and oxygen atoms in total. The smallest absolute Gasteiger partial charge is 0.238 e. The SMILES string of the molecule is CC(C)=C1[C@H]2CC[C@H]1[C@H]1C(=O)N(c3ccc(C)c(C)c3)C(=O)[C@H]12. The summed E-state index contributed by atoms with van der Waals surface area (Å²) in [6.07, 6.45) is 2.12. The van der Waals surface area contributed by atoms with Crippen LogP contribution in [-0.4, -0.2) is 11.8 Å². The molecule has 3 heteroatoms. The monoisotopic (exact) mass is 309 g/mol. The number of allylic oxidation sites excluding steroid dienone is 2. The lowest BCUT2D eigenvalue weighted by Gasteiger charge is -2.20. The van der Waals surface area contributed by atoms with Crippen LogP contribution in [0.5, 0.6) is 0 Å². The zero-order chi connectivity index (χ0) is 16.5. The number of nitrogens with zero attached hydrogens (tertiary/aromatic N) is 1. The number of rotatable bonds is 1. The first-order chi connectivity index (χ1) is 10.9. The maximum atomic E-state index is 13.0. The molecule has 1 saturated heterocycles. The molecule has 1 aromatic rings. The van der Waals surface area contributed by atoms with Crippen molar-refractivity contribution in [3.63, 3.8) is 0 Å². The first-order valence-corrected chi connectivity index (χ1v) is 8.54. The number of carbonyl (C=O) groups excluding carboxylic acids is 2. The summed E-state index contributed by atoms with van der Waals surface area (Å²) in [5.41, 5.74) is 5.76. The Hall–Kier alpha value is -1.90. The van der Waals surface area contributed by atoms with Crippen LogP contribution in [0.4, 0.5) is 5.69 Å². The number of fused-ring (bicyclic) bond motifs is 5. The van der Waals surface area contributed by atoms with Gasteiger partial charge >= 0.3 is 0 Å². The van der Waals surface area contributed by atoms with Gasteiger partial charge in [0.25, 0.3) is 0 Å². The Labute approximate surface area is 137 Å². The molecular formula is C20H23NO2. The molecule has 120 valence electrons. The minimum atomic E-state index is -0.118. The van der Waals surface area contributed by atoms with Crippen LogP contribution in [-0.2, 0) is 9.59 Å². The van der Waals surface area contributed by atoms with Gasteiger partial charge in [0.1, 0.15) is 0 Å². The van der Waals surface area contributed by atoms with Crippen molar-refractivity contribution < 1.29 is 9.59 Å². The third kappa shape index (κ3) is 1.82. The molecule has 0 radical (unpaired) electrons. The van der Waals surface area contributed by atoms with Crippen molar-refractivity contribution in [1.82, 2.24) is 0 Å². The van der Waals surface area contributed by atoms with Gasteiger partial charge < -0.3 is 0 Å². The first-order valence-electron chi connectivity index (χ1n) is 8.54. The van der Waals surface area contributed by atoms with Gasteiger partial charge in [0.15, 0.2) is 0 Å². The van der Waals surface area contributed by atoms with E-state index in [2.05, 4.69) is 13.8 Å². The van der Waals surface area contributed by atoms with Gasteiger partial charge in [-0.25, -0.2) is 0 Å². The molecule has 2 amide bonds. The second-order valence-corrected chi connectivity index (χ2v) is 7.58. The van der Waals surface area contributed by atoms with Crippen molar-refractivity contribution in [2.45, 2.75) is 40.5 Å². The zero-order valence-corrected chi connectivity index (χ0v) is 14.2. The third-order valence-corrected chi connectivity index (χ3v) is 6.18. The normalized spacial score (nSPS) is 32.0. The molecule has 1 aromatic carbocycles. The van der Waals surface area contributed by atoms with E-state index in [1.165, 1.54) is 21.6 Å². The molecule has 23 heavy (non-hydrogen) atoms. The number of anilines is 1. The van der Waals surface area contributed by atoms with E-state index in [9.17, 15) is 9.59 Å². The van der Waals surface area contributed by atoms with Crippen molar-refractivity contribution >= 4 is 17.5 Å². The fraction of sp³-hybridized carbons (Fsp3) is 0.500. The van der Waals surface area contributed by atoms with Gasteiger partial charge in [0.05, 0.1) is 17.5 Å². The number of benzene rings is 1. The van der Waals surface area contributed by atoms with E-state index >= 15 is 0 Å². The maximum absolute atomic E-state index is 13.0. The van der Waals surface area contributed by atoms with E-state index in [0.717, 1.165) is 24.1 Å². The third-order valence-electron chi connectivity index (χ3n) is 6.18. The number of aryl methyl sites for hydroxylation is 2. The summed E-state index contributed by atoms with van der Waals surface area (Å²) in [6.45, 7) is 8.31. The quantitative estimate of drug-likeness (QED) is 0.585. The molecule has 1 aliphatic heterocycles. The van der Waals surface area contributed by atoms with E-state index in [-0.39, 0.29) is 23.7 Å². The minimum Gasteiger partial charge on any atom is -0.274 e. The Morgan fingerprint density at radius 1 is 0.957 bits per heavy atom. The lowest BCUT2D eigenvalue weighted by molar-refractivity contribution is -0.123. The van der Waals surface area contributed by atoms with Gasteiger partial charge in [0, 0.05) is 0 Å². The van der Waals surface area contributed by atoms with Crippen LogP contribution in [0.25, 0.3) is 0 Å². The highest BCUT2D eigenvalue weighted by Crippen LogP contribution is 2.60. The highest BCUT2D eigenvalue weighted by Gasteiger charge is 2.63. The van der Waals surface area contributed by atoms with E-state index in [0.29, 0.717) is 11.8 Å². The van der Waals surface area contributed by atoms with Crippen LogP contribution >= 0.6 is 0 Å². The molecule has 2 bridgehead atoms. The molecule has 2 aliphatic carbocycles. The number of amides is 2. The van der Waals surface area contributed by atoms with Crippen molar-refractivity contribution in [2.75, 3.05) is 4.90 Å². The molecule has 0 aromatic heterocycles. The molecule has 0 spiro atoms. The molecular weight excluding hydrogens is 286 g/mol. The molecule has 3 fully saturated rings. The zero-order valence-electron chi connectivity index (χ0n) is 14.2. The number of carbonyl (C=O) groups is 2. The maximum Gasteiger partial charge on any atom is 0.238 e. The van der Waals surface area contributed by atoms with Crippen LogP contribution in [0.2, 0.25) is 0 Å². The second-order valence-electron chi connectivity index (χ2n) is 7.58. The molecule has 2 saturated carbocycles. The van der Waals surface area contributed by atoms with Crippen LogP contribution in [0, 0.1) is 37.5 Å². The summed E-state index contributed by atoms with van der Waals surface area (Å²) < 4.78 is 0. The van der Waals surface area contributed by atoms with Crippen molar-refractivity contribution in [3.8, 4) is 0 Å². The molecule has 1 heterocycles. The summed E-state index contributed by atoms with van der Waals surface area (Å²) >= 11 is 0. The first kappa shape index (κ1) is 14.7. The number of imide groups is 1. The Balaban J connectivity index is 1.76. The highest BCUT2D eigenvalue weighted by atomic mass is 16.2. The van der Waals surface area contributed by atoms with Gasteiger partial charge in [-0.05, 0) is 75.6 Å². The van der Waals surface area contributed by atoms with Gasteiger partial charge in [0.2, 0.25) is 11.8 Å². The van der Waals surface area contributed by atoms with Gasteiger partial charge in [-0.2, -0.15) is 0 Å². The van der Waals surface area contributed by atoms with Crippen LogP contribution in [0.3, 0.4) is 0 Å².